The quantitative estimate of drug-likeness (QED) is 0.834. The zero-order valence-corrected chi connectivity index (χ0v) is 16.0. The van der Waals surface area contributed by atoms with Crippen LogP contribution in [0.4, 0.5) is 0 Å². The summed E-state index contributed by atoms with van der Waals surface area (Å²) in [5.74, 6) is 1.59. The van der Waals surface area contributed by atoms with Crippen molar-refractivity contribution in [2.45, 2.75) is 58.9 Å². The topological polar surface area (TPSA) is 83.9 Å². The molecule has 0 aliphatic carbocycles. The van der Waals surface area contributed by atoms with Gasteiger partial charge in [-0.25, -0.2) is 4.98 Å². The molecule has 0 radical (unpaired) electrons. The van der Waals surface area contributed by atoms with Gasteiger partial charge in [0.25, 0.3) is 0 Å². The van der Waals surface area contributed by atoms with Crippen LogP contribution < -0.4 is 0 Å². The number of carbonyl (C=O) groups excluding carboxylic acids is 2. The maximum absolute atomic E-state index is 12.7. The molecule has 1 saturated heterocycles. The number of piperidine rings is 1. The molecule has 26 heavy (non-hydrogen) atoms. The number of carbonyl (C=O) groups is 2. The third kappa shape index (κ3) is 3.57. The Morgan fingerprint density at radius 2 is 2.00 bits per heavy atom. The second-order valence-corrected chi connectivity index (χ2v) is 7.23. The predicted octanol–water partition coefficient (Wildman–Crippen LogP) is 2.78. The first-order valence-electron chi connectivity index (χ1n) is 9.22. The Bertz CT molecular complexity index is 785. The summed E-state index contributed by atoms with van der Waals surface area (Å²) in [6.45, 7) is 8.79. The van der Waals surface area contributed by atoms with Crippen molar-refractivity contribution in [2.75, 3.05) is 13.1 Å². The van der Waals surface area contributed by atoms with Crippen LogP contribution in [0.15, 0.2) is 12.4 Å². The molecule has 3 heterocycles. The molecule has 1 aliphatic heterocycles. The van der Waals surface area contributed by atoms with E-state index in [9.17, 15) is 9.59 Å². The second kappa shape index (κ2) is 7.43. The molecular formula is C19H27N5O2. The number of hydrogen-bond donors (Lipinski definition) is 1. The lowest BCUT2D eigenvalue weighted by atomic mass is 9.96. The molecule has 140 valence electrons. The van der Waals surface area contributed by atoms with Gasteiger partial charge in [-0.05, 0) is 40.5 Å². The highest BCUT2D eigenvalue weighted by Crippen LogP contribution is 2.27. The van der Waals surface area contributed by atoms with Crippen LogP contribution in [0.5, 0.6) is 0 Å². The minimum atomic E-state index is -0.0721. The summed E-state index contributed by atoms with van der Waals surface area (Å²) in [6, 6.07) is -0.0721. The Kier molecular flexibility index (Phi) is 5.25. The van der Waals surface area contributed by atoms with Gasteiger partial charge in [0, 0.05) is 43.5 Å². The van der Waals surface area contributed by atoms with E-state index in [1.165, 1.54) is 0 Å². The van der Waals surface area contributed by atoms with Crippen molar-refractivity contribution in [3.8, 4) is 0 Å². The maximum Gasteiger partial charge on any atom is 0.224 e. The summed E-state index contributed by atoms with van der Waals surface area (Å²) in [7, 11) is 0. The number of H-pyrrole nitrogens is 1. The number of likely N-dealkylation sites (tertiary alicyclic amines) is 1. The second-order valence-electron chi connectivity index (χ2n) is 7.23. The fraction of sp³-hybridized carbons (Fsp3) is 0.579. The lowest BCUT2D eigenvalue weighted by Gasteiger charge is -2.32. The summed E-state index contributed by atoms with van der Waals surface area (Å²) in [6.07, 6.45) is 5.88. The zero-order valence-electron chi connectivity index (χ0n) is 16.0. The molecule has 0 unspecified atom stereocenters. The van der Waals surface area contributed by atoms with Crippen LogP contribution in [-0.4, -0.2) is 49.4 Å². The number of ketones is 1. The SMILES string of the molecule is CC(=O)c1c(C)nn([C@H](C)CC(=O)N2CCC(c3ncc[nH]3)CC2)c1C. The monoisotopic (exact) mass is 357 g/mol. The molecule has 1 N–H and O–H groups in total. The van der Waals surface area contributed by atoms with E-state index >= 15 is 0 Å². The van der Waals surface area contributed by atoms with Gasteiger partial charge in [0.1, 0.15) is 5.82 Å². The molecule has 1 aliphatic rings. The van der Waals surface area contributed by atoms with Crippen LogP contribution in [-0.2, 0) is 4.79 Å². The first-order chi connectivity index (χ1) is 12.4. The van der Waals surface area contributed by atoms with Crippen molar-refractivity contribution in [1.29, 1.82) is 0 Å². The van der Waals surface area contributed by atoms with Crippen molar-refractivity contribution in [3.63, 3.8) is 0 Å². The maximum atomic E-state index is 12.7. The standard InChI is InChI=1S/C19H27N5O2/c1-12(24-14(3)18(15(4)25)13(2)22-24)11-17(26)23-9-5-16(6-10-23)19-20-7-8-21-19/h7-8,12,16H,5-6,9-11H2,1-4H3,(H,20,21)/t12-/m1/s1. The van der Waals surface area contributed by atoms with Crippen molar-refractivity contribution in [1.82, 2.24) is 24.6 Å². The first-order valence-corrected chi connectivity index (χ1v) is 9.22. The van der Waals surface area contributed by atoms with E-state index < -0.39 is 0 Å². The van der Waals surface area contributed by atoms with E-state index in [1.54, 1.807) is 13.1 Å². The van der Waals surface area contributed by atoms with E-state index in [4.69, 9.17) is 0 Å². The Labute approximate surface area is 153 Å². The summed E-state index contributed by atoms with van der Waals surface area (Å²) in [5, 5.41) is 4.49. The molecule has 7 heteroatoms. The summed E-state index contributed by atoms with van der Waals surface area (Å²) in [4.78, 5) is 33.9. The third-order valence-corrected chi connectivity index (χ3v) is 5.32. The van der Waals surface area contributed by atoms with Gasteiger partial charge in [-0.2, -0.15) is 5.10 Å². The average Bonchev–Trinajstić information content (AvgIpc) is 3.23. The van der Waals surface area contributed by atoms with Crippen LogP contribution in [0, 0.1) is 13.8 Å². The zero-order chi connectivity index (χ0) is 18.8. The van der Waals surface area contributed by atoms with E-state index in [-0.39, 0.29) is 17.7 Å². The molecule has 0 bridgehead atoms. The molecule has 1 fully saturated rings. The Hall–Kier alpha value is -2.44. The van der Waals surface area contributed by atoms with Gasteiger partial charge in [0.05, 0.1) is 17.3 Å². The fourth-order valence-corrected chi connectivity index (χ4v) is 3.97. The number of aromatic nitrogens is 4. The summed E-state index contributed by atoms with van der Waals surface area (Å²) < 4.78 is 1.82. The van der Waals surface area contributed by atoms with E-state index in [0.29, 0.717) is 17.9 Å². The van der Waals surface area contributed by atoms with Crippen LogP contribution >= 0.6 is 0 Å². The number of aryl methyl sites for hydroxylation is 1. The van der Waals surface area contributed by atoms with Gasteiger partial charge in [0.2, 0.25) is 5.91 Å². The average molecular weight is 357 g/mol. The van der Waals surface area contributed by atoms with Crippen molar-refractivity contribution >= 4 is 11.7 Å². The van der Waals surface area contributed by atoms with E-state index in [2.05, 4.69) is 15.1 Å². The van der Waals surface area contributed by atoms with Gasteiger partial charge in [-0.1, -0.05) is 0 Å². The third-order valence-electron chi connectivity index (χ3n) is 5.32. The lowest BCUT2D eigenvalue weighted by Crippen LogP contribution is -2.39. The number of Topliss-reactive ketones (excluding diaryl/α,β-unsaturated/α-hetero) is 1. The number of amides is 1. The van der Waals surface area contributed by atoms with Gasteiger partial charge in [0.15, 0.2) is 5.78 Å². The van der Waals surface area contributed by atoms with E-state index in [0.717, 1.165) is 43.1 Å². The number of nitrogens with one attached hydrogen (secondary N) is 1. The highest BCUT2D eigenvalue weighted by atomic mass is 16.2. The van der Waals surface area contributed by atoms with Crippen molar-refractivity contribution < 1.29 is 9.59 Å². The van der Waals surface area contributed by atoms with Gasteiger partial charge >= 0.3 is 0 Å². The normalized spacial score (nSPS) is 16.7. The first kappa shape index (κ1) is 18.4. The van der Waals surface area contributed by atoms with Gasteiger partial charge in [-0.15, -0.1) is 0 Å². The molecule has 0 spiro atoms. The van der Waals surface area contributed by atoms with Gasteiger partial charge in [-0.3, -0.25) is 14.3 Å². The summed E-state index contributed by atoms with van der Waals surface area (Å²) in [5.41, 5.74) is 2.24. The number of aromatic amines is 1. The summed E-state index contributed by atoms with van der Waals surface area (Å²) >= 11 is 0. The highest BCUT2D eigenvalue weighted by molar-refractivity contribution is 5.96. The number of rotatable bonds is 5. The largest absolute Gasteiger partial charge is 0.348 e. The molecule has 1 atom stereocenters. The van der Waals surface area contributed by atoms with Crippen LogP contribution in [0.3, 0.4) is 0 Å². The minimum Gasteiger partial charge on any atom is -0.348 e. The van der Waals surface area contributed by atoms with Crippen molar-refractivity contribution in [3.05, 3.63) is 35.2 Å². The Balaban J connectivity index is 1.60. The highest BCUT2D eigenvalue weighted by Gasteiger charge is 2.27. The minimum absolute atomic E-state index is 0.0183. The van der Waals surface area contributed by atoms with E-state index in [1.807, 2.05) is 36.5 Å². The Morgan fingerprint density at radius 1 is 1.31 bits per heavy atom. The van der Waals surface area contributed by atoms with Crippen LogP contribution in [0.1, 0.15) is 72.6 Å². The molecule has 2 aromatic heterocycles. The lowest BCUT2D eigenvalue weighted by molar-refractivity contribution is -0.133. The predicted molar refractivity (Wildman–Crippen MR) is 98.2 cm³/mol. The fourth-order valence-electron chi connectivity index (χ4n) is 3.97. The number of hydrogen-bond acceptors (Lipinski definition) is 4. The van der Waals surface area contributed by atoms with Gasteiger partial charge < -0.3 is 9.88 Å². The van der Waals surface area contributed by atoms with Crippen LogP contribution in [0.2, 0.25) is 0 Å². The smallest absolute Gasteiger partial charge is 0.224 e. The van der Waals surface area contributed by atoms with Crippen molar-refractivity contribution in [2.24, 2.45) is 0 Å². The molecular weight excluding hydrogens is 330 g/mol. The molecule has 3 rings (SSSR count). The molecule has 0 saturated carbocycles. The van der Waals surface area contributed by atoms with Crippen LogP contribution in [0.25, 0.3) is 0 Å². The molecule has 2 aromatic rings. The molecule has 7 nitrogen and oxygen atoms in total. The molecule has 1 amide bonds. The number of imidazole rings is 1. The Morgan fingerprint density at radius 3 is 2.54 bits per heavy atom. The molecule has 0 aromatic carbocycles. The number of nitrogens with zero attached hydrogens (tertiary/aromatic N) is 4.